The second kappa shape index (κ2) is 9.45. The maximum absolute atomic E-state index is 12.6. The molecule has 0 spiro atoms. The number of hydrogen-bond donors (Lipinski definition) is 1. The predicted molar refractivity (Wildman–Crippen MR) is 99.4 cm³/mol. The summed E-state index contributed by atoms with van der Waals surface area (Å²) in [5.74, 6) is -0.525. The van der Waals surface area contributed by atoms with Crippen LogP contribution in [0.1, 0.15) is 55.3 Å². The summed E-state index contributed by atoms with van der Waals surface area (Å²) in [5, 5.41) is 2.83. The number of alkyl halides is 3. The zero-order valence-electron chi connectivity index (χ0n) is 16.2. The average molecular weight is 413 g/mol. The quantitative estimate of drug-likeness (QED) is 0.804. The van der Waals surface area contributed by atoms with Crippen LogP contribution in [0.25, 0.3) is 0 Å². The van der Waals surface area contributed by atoms with E-state index in [1.165, 1.54) is 24.8 Å². The van der Waals surface area contributed by atoms with Crippen molar-refractivity contribution in [2.45, 2.75) is 57.2 Å². The van der Waals surface area contributed by atoms with Gasteiger partial charge in [0.25, 0.3) is 5.91 Å². The minimum absolute atomic E-state index is 0.0301. The predicted octanol–water partition coefficient (Wildman–Crippen LogP) is 3.32. The van der Waals surface area contributed by atoms with E-state index in [2.05, 4.69) is 15.0 Å². The minimum Gasteiger partial charge on any atom is -0.467 e. The molecule has 1 saturated carbocycles. The van der Waals surface area contributed by atoms with E-state index in [1.54, 1.807) is 0 Å². The minimum atomic E-state index is -4.51. The van der Waals surface area contributed by atoms with Crippen LogP contribution in [0.4, 0.5) is 13.2 Å². The van der Waals surface area contributed by atoms with E-state index in [-0.39, 0.29) is 29.3 Å². The van der Waals surface area contributed by atoms with Crippen LogP contribution >= 0.6 is 0 Å². The molecule has 160 valence electrons. The number of carbonyl (C=O) groups is 2. The van der Waals surface area contributed by atoms with Crippen molar-refractivity contribution in [3.05, 3.63) is 23.9 Å². The molecule has 0 unspecified atom stereocenters. The molecule has 1 saturated heterocycles. The van der Waals surface area contributed by atoms with Crippen LogP contribution < -0.4 is 10.1 Å². The highest BCUT2D eigenvalue weighted by molar-refractivity contribution is 5.96. The van der Waals surface area contributed by atoms with Crippen LogP contribution in [0.2, 0.25) is 0 Å². The third-order valence-corrected chi connectivity index (χ3v) is 5.48. The van der Waals surface area contributed by atoms with Crippen LogP contribution in [0.3, 0.4) is 0 Å². The Morgan fingerprint density at radius 1 is 1.14 bits per heavy atom. The average Bonchev–Trinajstić information content (AvgIpc) is 2.72. The summed E-state index contributed by atoms with van der Waals surface area (Å²) in [6.45, 7) is -0.360. The molecule has 1 N–H and O–H groups in total. The van der Waals surface area contributed by atoms with Crippen molar-refractivity contribution in [3.8, 4) is 5.88 Å². The Bertz CT molecular complexity index is 712. The molecule has 1 aromatic heterocycles. The highest BCUT2D eigenvalue weighted by atomic mass is 19.4. The molecule has 3 rings (SSSR count). The van der Waals surface area contributed by atoms with Gasteiger partial charge in [0.15, 0.2) is 6.61 Å². The standard InChI is InChI=1S/C20H26F3N3O3/c21-20(22,23)13-29-18-16(7-4-10-24-18)17(27)25-15-8-11-26(12-9-15)19(28)14-5-2-1-3-6-14/h4,7,10,14-15H,1-3,5-6,8-9,11-13H2,(H,25,27). The van der Waals surface area contributed by atoms with Gasteiger partial charge in [0.1, 0.15) is 5.56 Å². The monoisotopic (exact) mass is 413 g/mol. The summed E-state index contributed by atoms with van der Waals surface area (Å²) < 4.78 is 41.9. The van der Waals surface area contributed by atoms with Crippen LogP contribution in [0.15, 0.2) is 18.3 Å². The molecule has 0 aromatic carbocycles. The van der Waals surface area contributed by atoms with Crippen molar-refractivity contribution in [3.63, 3.8) is 0 Å². The van der Waals surface area contributed by atoms with Crippen molar-refractivity contribution in [1.82, 2.24) is 15.2 Å². The number of aromatic nitrogens is 1. The molecule has 2 amide bonds. The largest absolute Gasteiger partial charge is 0.467 e. The number of nitrogens with one attached hydrogen (secondary N) is 1. The molecule has 9 heteroatoms. The number of likely N-dealkylation sites (tertiary alicyclic amines) is 1. The molecular formula is C20H26F3N3O3. The number of piperidine rings is 1. The number of rotatable bonds is 5. The molecular weight excluding hydrogens is 387 g/mol. The summed E-state index contributed by atoms with van der Waals surface area (Å²) in [4.78, 5) is 30.8. The Morgan fingerprint density at radius 3 is 2.48 bits per heavy atom. The fourth-order valence-corrected chi connectivity index (χ4v) is 3.94. The number of halogens is 3. The Kier molecular flexibility index (Phi) is 6.97. The summed E-state index contributed by atoms with van der Waals surface area (Å²) in [5.41, 5.74) is -0.0301. The van der Waals surface area contributed by atoms with E-state index in [1.807, 2.05) is 4.90 Å². The summed E-state index contributed by atoms with van der Waals surface area (Å²) in [7, 11) is 0. The van der Waals surface area contributed by atoms with Crippen LogP contribution in [-0.4, -0.2) is 53.6 Å². The second-order valence-electron chi connectivity index (χ2n) is 7.67. The molecule has 0 bridgehead atoms. The lowest BCUT2D eigenvalue weighted by atomic mass is 9.87. The summed E-state index contributed by atoms with van der Waals surface area (Å²) in [6.07, 6.45) is 3.31. The first-order valence-corrected chi connectivity index (χ1v) is 10.1. The molecule has 2 fully saturated rings. The van der Waals surface area contributed by atoms with E-state index < -0.39 is 18.7 Å². The van der Waals surface area contributed by atoms with E-state index in [4.69, 9.17) is 0 Å². The fourth-order valence-electron chi connectivity index (χ4n) is 3.94. The van der Waals surface area contributed by atoms with Gasteiger partial charge in [0.05, 0.1) is 0 Å². The van der Waals surface area contributed by atoms with E-state index in [0.29, 0.717) is 25.9 Å². The highest BCUT2D eigenvalue weighted by Gasteiger charge is 2.31. The number of carbonyl (C=O) groups excluding carboxylic acids is 2. The Balaban J connectivity index is 1.51. The van der Waals surface area contributed by atoms with Gasteiger partial charge in [0, 0.05) is 31.2 Å². The Labute approximate surface area is 167 Å². The van der Waals surface area contributed by atoms with Crippen LogP contribution in [-0.2, 0) is 4.79 Å². The third-order valence-electron chi connectivity index (χ3n) is 5.48. The second-order valence-corrected chi connectivity index (χ2v) is 7.67. The van der Waals surface area contributed by atoms with Gasteiger partial charge in [-0.15, -0.1) is 0 Å². The summed E-state index contributed by atoms with van der Waals surface area (Å²) >= 11 is 0. The van der Waals surface area contributed by atoms with Gasteiger partial charge >= 0.3 is 6.18 Å². The number of amides is 2. The van der Waals surface area contributed by atoms with Gasteiger partial charge in [0.2, 0.25) is 11.8 Å². The van der Waals surface area contributed by atoms with Crippen molar-refractivity contribution < 1.29 is 27.5 Å². The molecule has 1 aromatic rings. The molecule has 1 aliphatic heterocycles. The number of nitrogens with zero attached hydrogens (tertiary/aromatic N) is 2. The van der Waals surface area contributed by atoms with Crippen molar-refractivity contribution in [2.24, 2.45) is 5.92 Å². The SMILES string of the molecule is O=C(NC1CCN(C(=O)C2CCCCC2)CC1)c1cccnc1OCC(F)(F)F. The first-order valence-electron chi connectivity index (χ1n) is 10.1. The number of ether oxygens (including phenoxy) is 1. The zero-order chi connectivity index (χ0) is 20.9. The lowest BCUT2D eigenvalue weighted by Crippen LogP contribution is -2.48. The molecule has 1 aliphatic carbocycles. The van der Waals surface area contributed by atoms with E-state index in [0.717, 1.165) is 25.7 Å². The van der Waals surface area contributed by atoms with E-state index in [9.17, 15) is 22.8 Å². The van der Waals surface area contributed by atoms with Crippen molar-refractivity contribution in [1.29, 1.82) is 0 Å². The molecule has 0 atom stereocenters. The van der Waals surface area contributed by atoms with E-state index >= 15 is 0 Å². The van der Waals surface area contributed by atoms with Gasteiger partial charge < -0.3 is 15.0 Å². The smallest absolute Gasteiger partial charge is 0.422 e. The van der Waals surface area contributed by atoms with Crippen molar-refractivity contribution >= 4 is 11.8 Å². The van der Waals surface area contributed by atoms with Crippen molar-refractivity contribution in [2.75, 3.05) is 19.7 Å². The Hall–Kier alpha value is -2.32. The fraction of sp³-hybridized carbons (Fsp3) is 0.650. The highest BCUT2D eigenvalue weighted by Crippen LogP contribution is 2.27. The molecule has 0 radical (unpaired) electrons. The lowest BCUT2D eigenvalue weighted by Gasteiger charge is -2.35. The number of hydrogen-bond acceptors (Lipinski definition) is 4. The zero-order valence-corrected chi connectivity index (χ0v) is 16.2. The molecule has 29 heavy (non-hydrogen) atoms. The maximum atomic E-state index is 12.6. The molecule has 2 heterocycles. The normalized spacial score (nSPS) is 19.1. The topological polar surface area (TPSA) is 71.5 Å². The molecule has 6 nitrogen and oxygen atoms in total. The van der Waals surface area contributed by atoms with Gasteiger partial charge in [-0.25, -0.2) is 4.98 Å². The van der Waals surface area contributed by atoms with Gasteiger partial charge in [-0.2, -0.15) is 13.2 Å². The molecule has 2 aliphatic rings. The first kappa shape index (κ1) is 21.4. The van der Waals surface area contributed by atoms with Crippen LogP contribution in [0.5, 0.6) is 5.88 Å². The third kappa shape index (κ3) is 6.08. The number of pyridine rings is 1. The maximum Gasteiger partial charge on any atom is 0.422 e. The lowest BCUT2D eigenvalue weighted by molar-refractivity contribution is -0.154. The first-order chi connectivity index (χ1) is 13.8. The Morgan fingerprint density at radius 2 is 1.83 bits per heavy atom. The van der Waals surface area contributed by atoms with Crippen LogP contribution in [0, 0.1) is 5.92 Å². The van der Waals surface area contributed by atoms with Gasteiger partial charge in [-0.1, -0.05) is 19.3 Å². The van der Waals surface area contributed by atoms with Gasteiger partial charge in [-0.05, 0) is 37.8 Å². The van der Waals surface area contributed by atoms with Gasteiger partial charge in [-0.3, -0.25) is 9.59 Å². The summed E-state index contributed by atoms with van der Waals surface area (Å²) in [6, 6.07) is 2.71.